The first-order chi connectivity index (χ1) is 9.74. The van der Waals surface area contributed by atoms with Crippen LogP contribution in [0, 0.1) is 5.92 Å². The van der Waals surface area contributed by atoms with Crippen molar-refractivity contribution in [1.29, 1.82) is 0 Å². The molecule has 1 aliphatic heterocycles. The van der Waals surface area contributed by atoms with E-state index in [4.69, 9.17) is 4.74 Å². The summed E-state index contributed by atoms with van der Waals surface area (Å²) < 4.78 is 5.72. The molecule has 1 aromatic heterocycles. The Bertz CT molecular complexity index is 375. The van der Waals surface area contributed by atoms with Crippen LogP contribution in [0.15, 0.2) is 5.38 Å². The Balaban J connectivity index is 1.57. The van der Waals surface area contributed by atoms with Crippen LogP contribution in [0.1, 0.15) is 37.4 Å². The molecule has 0 radical (unpaired) electrons. The van der Waals surface area contributed by atoms with Crippen LogP contribution in [0.5, 0.6) is 0 Å². The van der Waals surface area contributed by atoms with Crippen LogP contribution >= 0.6 is 11.3 Å². The van der Waals surface area contributed by atoms with E-state index >= 15 is 0 Å². The van der Waals surface area contributed by atoms with Gasteiger partial charge < -0.3 is 15.0 Å². The molecule has 0 saturated carbocycles. The Morgan fingerprint density at radius 1 is 1.40 bits per heavy atom. The van der Waals surface area contributed by atoms with E-state index in [1.807, 2.05) is 0 Å². The summed E-state index contributed by atoms with van der Waals surface area (Å²) in [5, 5.41) is 6.69. The lowest BCUT2D eigenvalue weighted by atomic mass is 10.2. The largest absolute Gasteiger partial charge is 0.374 e. The molecule has 5 heteroatoms. The van der Waals surface area contributed by atoms with Crippen molar-refractivity contribution in [2.45, 2.75) is 39.8 Å². The van der Waals surface area contributed by atoms with Crippen molar-refractivity contribution in [3.63, 3.8) is 0 Å². The zero-order chi connectivity index (χ0) is 14.2. The predicted molar refractivity (Wildman–Crippen MR) is 84.0 cm³/mol. The summed E-state index contributed by atoms with van der Waals surface area (Å²) in [5.41, 5.74) is 1.07. The molecule has 0 spiro atoms. The first-order valence-corrected chi connectivity index (χ1v) is 8.56. The molecule has 1 aromatic rings. The third kappa shape index (κ3) is 5.87. The van der Waals surface area contributed by atoms with Crippen molar-refractivity contribution in [2.75, 3.05) is 32.8 Å². The van der Waals surface area contributed by atoms with Crippen molar-refractivity contribution in [3.05, 3.63) is 16.1 Å². The minimum absolute atomic E-state index is 0.647. The van der Waals surface area contributed by atoms with Gasteiger partial charge >= 0.3 is 0 Å². The topological polar surface area (TPSA) is 37.4 Å². The summed E-state index contributed by atoms with van der Waals surface area (Å²) in [5.74, 6) is 0.684. The summed E-state index contributed by atoms with van der Waals surface area (Å²) in [6.07, 6.45) is 2.69. The van der Waals surface area contributed by atoms with Gasteiger partial charge in [0, 0.05) is 18.5 Å². The van der Waals surface area contributed by atoms with E-state index < -0.39 is 0 Å². The molecule has 4 nitrogen and oxygen atoms in total. The molecular weight excluding hydrogens is 270 g/mol. The highest BCUT2D eigenvalue weighted by atomic mass is 32.1. The molecule has 0 aliphatic carbocycles. The van der Waals surface area contributed by atoms with Crippen LogP contribution in [0.25, 0.3) is 0 Å². The molecule has 20 heavy (non-hydrogen) atoms. The van der Waals surface area contributed by atoms with Gasteiger partial charge in [-0.1, -0.05) is 13.8 Å². The summed E-state index contributed by atoms with van der Waals surface area (Å²) in [6.45, 7) is 11.4. The average Bonchev–Trinajstić information content (AvgIpc) is 3.05. The molecular formula is C15H27N3OS. The van der Waals surface area contributed by atoms with E-state index in [1.165, 1.54) is 25.9 Å². The molecule has 0 amide bonds. The summed E-state index contributed by atoms with van der Waals surface area (Å²) in [7, 11) is 0. The molecule has 2 heterocycles. The Morgan fingerprint density at radius 2 is 2.20 bits per heavy atom. The number of ether oxygens (including phenoxy) is 1. The van der Waals surface area contributed by atoms with Crippen LogP contribution < -0.4 is 5.32 Å². The maximum absolute atomic E-state index is 5.72. The molecule has 2 rings (SSSR count). The number of thiazole rings is 1. The molecule has 1 fully saturated rings. The highest BCUT2D eigenvalue weighted by Gasteiger charge is 2.10. The molecule has 0 unspecified atom stereocenters. The van der Waals surface area contributed by atoms with E-state index in [2.05, 4.69) is 34.4 Å². The fourth-order valence-electron chi connectivity index (χ4n) is 2.34. The lowest BCUT2D eigenvalue weighted by Crippen LogP contribution is -2.23. The number of nitrogens with one attached hydrogen (secondary N) is 1. The van der Waals surface area contributed by atoms with Crippen molar-refractivity contribution in [2.24, 2.45) is 5.92 Å². The van der Waals surface area contributed by atoms with Gasteiger partial charge in [0.1, 0.15) is 5.01 Å². The highest BCUT2D eigenvalue weighted by molar-refractivity contribution is 7.09. The number of hydrogen-bond donors (Lipinski definition) is 1. The fraction of sp³-hybridized carbons (Fsp3) is 0.800. The molecule has 0 atom stereocenters. The maximum atomic E-state index is 5.72. The number of aromatic nitrogens is 1. The van der Waals surface area contributed by atoms with Gasteiger partial charge in [0.05, 0.1) is 18.9 Å². The summed E-state index contributed by atoms with van der Waals surface area (Å²) >= 11 is 1.72. The van der Waals surface area contributed by atoms with Crippen LogP contribution in [0.2, 0.25) is 0 Å². The van der Waals surface area contributed by atoms with E-state index in [9.17, 15) is 0 Å². The van der Waals surface area contributed by atoms with Gasteiger partial charge in [-0.3, -0.25) is 0 Å². The first kappa shape index (κ1) is 15.9. The third-order valence-electron chi connectivity index (χ3n) is 3.43. The Morgan fingerprint density at radius 3 is 2.95 bits per heavy atom. The van der Waals surface area contributed by atoms with Crippen LogP contribution in [0.3, 0.4) is 0 Å². The quantitative estimate of drug-likeness (QED) is 0.711. The summed E-state index contributed by atoms with van der Waals surface area (Å²) in [4.78, 5) is 7.07. The van der Waals surface area contributed by atoms with Crippen LogP contribution in [-0.2, 0) is 17.9 Å². The Kier molecular flexibility index (Phi) is 6.93. The lowest BCUT2D eigenvalue weighted by Gasteiger charge is -2.13. The van der Waals surface area contributed by atoms with Gasteiger partial charge in [0.2, 0.25) is 0 Å². The SMILES string of the molecule is CC(C)CNCc1nc(COCCN2CCCC2)cs1. The number of likely N-dealkylation sites (tertiary alicyclic amines) is 1. The van der Waals surface area contributed by atoms with Gasteiger partial charge in [0.25, 0.3) is 0 Å². The Labute approximate surface area is 126 Å². The van der Waals surface area contributed by atoms with E-state index in [0.29, 0.717) is 12.5 Å². The second-order valence-electron chi connectivity index (χ2n) is 5.86. The maximum Gasteiger partial charge on any atom is 0.107 e. The third-order valence-corrected chi connectivity index (χ3v) is 4.33. The second-order valence-corrected chi connectivity index (χ2v) is 6.80. The monoisotopic (exact) mass is 297 g/mol. The van der Waals surface area contributed by atoms with Gasteiger partial charge in [-0.05, 0) is 38.4 Å². The summed E-state index contributed by atoms with van der Waals surface area (Å²) in [6, 6.07) is 0. The Hall–Kier alpha value is -0.490. The van der Waals surface area contributed by atoms with Crippen LogP contribution in [-0.4, -0.2) is 42.7 Å². The zero-order valence-electron chi connectivity index (χ0n) is 12.7. The minimum Gasteiger partial charge on any atom is -0.374 e. The fourth-order valence-corrected chi connectivity index (χ4v) is 3.09. The van der Waals surface area contributed by atoms with E-state index in [0.717, 1.165) is 36.9 Å². The van der Waals surface area contributed by atoms with E-state index in [1.54, 1.807) is 11.3 Å². The highest BCUT2D eigenvalue weighted by Crippen LogP contribution is 2.11. The zero-order valence-corrected chi connectivity index (χ0v) is 13.5. The first-order valence-electron chi connectivity index (χ1n) is 7.68. The molecule has 0 bridgehead atoms. The van der Waals surface area contributed by atoms with E-state index in [-0.39, 0.29) is 0 Å². The second kappa shape index (κ2) is 8.72. The lowest BCUT2D eigenvalue weighted by molar-refractivity contribution is 0.0973. The van der Waals surface area contributed by atoms with Crippen molar-refractivity contribution >= 4 is 11.3 Å². The standard InChI is InChI=1S/C15H27N3OS/c1-13(2)9-16-10-15-17-14(12-20-15)11-19-8-7-18-5-3-4-6-18/h12-13,16H,3-11H2,1-2H3. The van der Waals surface area contributed by atoms with Crippen molar-refractivity contribution in [3.8, 4) is 0 Å². The number of nitrogens with zero attached hydrogens (tertiary/aromatic N) is 2. The number of rotatable bonds is 9. The average molecular weight is 297 g/mol. The molecule has 114 valence electrons. The van der Waals surface area contributed by atoms with Gasteiger partial charge in [-0.15, -0.1) is 11.3 Å². The van der Waals surface area contributed by atoms with Gasteiger partial charge in [-0.25, -0.2) is 4.98 Å². The van der Waals surface area contributed by atoms with Gasteiger partial charge in [0.15, 0.2) is 0 Å². The van der Waals surface area contributed by atoms with Crippen LogP contribution in [0.4, 0.5) is 0 Å². The van der Waals surface area contributed by atoms with Gasteiger partial charge in [-0.2, -0.15) is 0 Å². The molecule has 1 saturated heterocycles. The molecule has 1 N–H and O–H groups in total. The minimum atomic E-state index is 0.647. The smallest absolute Gasteiger partial charge is 0.107 e. The normalized spacial score (nSPS) is 16.4. The molecule has 0 aromatic carbocycles. The number of hydrogen-bond acceptors (Lipinski definition) is 5. The molecule has 1 aliphatic rings. The van der Waals surface area contributed by atoms with Crippen molar-refractivity contribution in [1.82, 2.24) is 15.2 Å². The predicted octanol–water partition coefficient (Wildman–Crippen LogP) is 2.50. The van der Waals surface area contributed by atoms with Crippen molar-refractivity contribution < 1.29 is 4.74 Å².